The predicted octanol–water partition coefficient (Wildman–Crippen LogP) is 7.21. The molecule has 0 fully saturated rings. The minimum absolute atomic E-state index is 0.331. The van der Waals surface area contributed by atoms with Crippen molar-refractivity contribution in [3.8, 4) is 12.8 Å². The Balaban J connectivity index is 0.000000564. The molecule has 3 rings (SSSR count). The first-order valence-corrected chi connectivity index (χ1v) is 12.2. The van der Waals surface area contributed by atoms with Crippen molar-refractivity contribution < 1.29 is 0 Å². The fourth-order valence-corrected chi connectivity index (χ4v) is 3.48. The van der Waals surface area contributed by atoms with Crippen LogP contribution in [0.2, 0.25) is 0 Å². The van der Waals surface area contributed by atoms with Crippen LogP contribution in [0.1, 0.15) is 63.3 Å². The summed E-state index contributed by atoms with van der Waals surface area (Å²) in [5.74, 6) is 0. The normalized spacial score (nSPS) is 11.2. The lowest BCUT2D eigenvalue weighted by Gasteiger charge is -2.18. The van der Waals surface area contributed by atoms with Crippen LogP contribution in [-0.2, 0) is 12.8 Å². The van der Waals surface area contributed by atoms with E-state index in [1.807, 2.05) is 19.9 Å². The zero-order chi connectivity index (χ0) is 24.7. The molecule has 3 aromatic rings. The van der Waals surface area contributed by atoms with Crippen LogP contribution in [0.15, 0.2) is 91.0 Å². The van der Waals surface area contributed by atoms with Crippen LogP contribution >= 0.6 is 0 Å². The Bertz CT molecular complexity index is 797. The number of hydrogen-bond acceptors (Lipinski definition) is 2. The lowest BCUT2D eigenvalue weighted by molar-refractivity contribution is 0.550. The Kier molecular flexibility index (Phi) is 19.2. The maximum absolute atomic E-state index is 5.92. The molecular weight excluding hydrogens is 400 g/mol. The van der Waals surface area contributed by atoms with Gasteiger partial charge in [-0.25, -0.2) is 0 Å². The van der Waals surface area contributed by atoms with Crippen molar-refractivity contribution in [2.45, 2.75) is 65.5 Å². The first kappa shape index (κ1) is 30.1. The second-order valence-corrected chi connectivity index (χ2v) is 7.45. The summed E-state index contributed by atoms with van der Waals surface area (Å²) < 4.78 is 0. The number of terminal acetylenes is 1. The van der Waals surface area contributed by atoms with Crippen molar-refractivity contribution in [3.63, 3.8) is 0 Å². The molecule has 1 unspecified atom stereocenters. The molecule has 0 aliphatic heterocycles. The molecule has 0 saturated heterocycles. The summed E-state index contributed by atoms with van der Waals surface area (Å²) in [5, 5.41) is 3.55. The van der Waals surface area contributed by atoms with Crippen LogP contribution in [0, 0.1) is 12.8 Å². The van der Waals surface area contributed by atoms with Gasteiger partial charge >= 0.3 is 0 Å². The fourth-order valence-electron chi connectivity index (χ4n) is 3.48. The van der Waals surface area contributed by atoms with Gasteiger partial charge in [0.2, 0.25) is 0 Å². The molecule has 0 radical (unpaired) electrons. The molecule has 0 aliphatic rings. The Morgan fingerprint density at radius 2 is 1.12 bits per heavy atom. The Labute approximate surface area is 203 Å². The summed E-state index contributed by atoms with van der Waals surface area (Å²) in [7, 11) is 0. The van der Waals surface area contributed by atoms with E-state index in [0.717, 1.165) is 25.8 Å². The second-order valence-electron chi connectivity index (χ2n) is 7.45. The molecule has 33 heavy (non-hydrogen) atoms. The number of hydrogen-bond donors (Lipinski definition) is 2. The molecule has 2 nitrogen and oxygen atoms in total. The van der Waals surface area contributed by atoms with E-state index < -0.39 is 0 Å². The van der Waals surface area contributed by atoms with Crippen molar-refractivity contribution in [2.75, 3.05) is 6.54 Å². The largest absolute Gasteiger partial charge is 0.327 e. The molecule has 2 heteroatoms. The standard InChI is InChI=1S/C16H19N.C11H17N.C2H6.C2H2/c1-2-17-16(15-11-7-4-8-12-15)13-14-9-5-3-6-10-14;1-2-6-11(12)9-10-7-4-3-5-8-10;2*1-2/h3-12,16-17H,2,13H2,1H3;3-5,7-8,11H,2,6,9,12H2,1H3;1-2H3;1-2H/t;11-;;/m.0../s1. The zero-order valence-electron chi connectivity index (χ0n) is 21.1. The minimum atomic E-state index is 0.331. The first-order chi connectivity index (χ1) is 16.2. The van der Waals surface area contributed by atoms with Crippen molar-refractivity contribution in [1.29, 1.82) is 0 Å². The number of nitrogens with two attached hydrogens (primary N) is 1. The van der Waals surface area contributed by atoms with Gasteiger partial charge in [-0.1, -0.05) is 125 Å². The molecule has 178 valence electrons. The predicted molar refractivity (Wildman–Crippen MR) is 147 cm³/mol. The fraction of sp³-hybridized carbons (Fsp3) is 0.355. The third kappa shape index (κ3) is 14.0. The molecule has 0 spiro atoms. The molecule has 0 bridgehead atoms. The van der Waals surface area contributed by atoms with Gasteiger partial charge in [-0.15, -0.1) is 12.8 Å². The summed E-state index contributed by atoms with van der Waals surface area (Å²) in [5.41, 5.74) is 10.00. The van der Waals surface area contributed by atoms with Gasteiger partial charge in [0.25, 0.3) is 0 Å². The van der Waals surface area contributed by atoms with Crippen LogP contribution in [0.4, 0.5) is 0 Å². The highest BCUT2D eigenvalue weighted by Gasteiger charge is 2.10. The molecule has 0 heterocycles. The van der Waals surface area contributed by atoms with Gasteiger partial charge < -0.3 is 11.1 Å². The number of nitrogens with one attached hydrogen (secondary N) is 1. The zero-order valence-corrected chi connectivity index (χ0v) is 21.1. The quantitative estimate of drug-likeness (QED) is 0.342. The maximum atomic E-state index is 5.92. The third-order valence-corrected chi connectivity index (χ3v) is 4.94. The number of likely N-dealkylation sites (N-methyl/N-ethyl adjacent to an activating group) is 1. The molecule has 0 saturated carbocycles. The van der Waals surface area contributed by atoms with Crippen LogP contribution in [0.5, 0.6) is 0 Å². The van der Waals surface area contributed by atoms with E-state index >= 15 is 0 Å². The maximum Gasteiger partial charge on any atom is 0.0360 e. The highest BCUT2D eigenvalue weighted by molar-refractivity contribution is 5.23. The minimum Gasteiger partial charge on any atom is -0.327 e. The van der Waals surface area contributed by atoms with Crippen molar-refractivity contribution in [1.82, 2.24) is 5.32 Å². The van der Waals surface area contributed by atoms with Gasteiger partial charge in [-0.3, -0.25) is 0 Å². The number of benzene rings is 3. The topological polar surface area (TPSA) is 38.0 Å². The van der Waals surface area contributed by atoms with Crippen LogP contribution < -0.4 is 11.1 Å². The summed E-state index contributed by atoms with van der Waals surface area (Å²) in [6, 6.07) is 32.5. The monoisotopic (exact) mass is 444 g/mol. The number of rotatable bonds is 9. The molecule has 3 N–H and O–H groups in total. The molecular formula is C31H44N2. The Morgan fingerprint density at radius 1 is 0.697 bits per heavy atom. The van der Waals surface area contributed by atoms with E-state index in [9.17, 15) is 0 Å². The van der Waals surface area contributed by atoms with Gasteiger partial charge in [0.15, 0.2) is 0 Å². The van der Waals surface area contributed by atoms with Gasteiger partial charge in [0, 0.05) is 12.1 Å². The van der Waals surface area contributed by atoms with E-state index in [4.69, 9.17) is 5.73 Å². The van der Waals surface area contributed by atoms with Gasteiger partial charge in [-0.05, 0) is 42.5 Å². The average Bonchev–Trinajstić information content (AvgIpc) is 2.88. The highest BCUT2D eigenvalue weighted by Crippen LogP contribution is 2.17. The van der Waals surface area contributed by atoms with Crippen LogP contribution in [0.3, 0.4) is 0 Å². The Morgan fingerprint density at radius 3 is 1.55 bits per heavy atom. The van der Waals surface area contributed by atoms with Gasteiger partial charge in [0.1, 0.15) is 0 Å². The van der Waals surface area contributed by atoms with Crippen LogP contribution in [-0.4, -0.2) is 12.6 Å². The van der Waals surface area contributed by atoms with Gasteiger partial charge in [0.05, 0.1) is 0 Å². The van der Waals surface area contributed by atoms with Gasteiger partial charge in [-0.2, -0.15) is 0 Å². The van der Waals surface area contributed by atoms with E-state index in [1.54, 1.807) is 0 Å². The lowest BCUT2D eigenvalue weighted by Crippen LogP contribution is -2.22. The lowest BCUT2D eigenvalue weighted by atomic mass is 9.99. The summed E-state index contributed by atoms with van der Waals surface area (Å²) in [6.07, 6.45) is 12.3. The van der Waals surface area contributed by atoms with Crippen molar-refractivity contribution >= 4 is 0 Å². The third-order valence-electron chi connectivity index (χ3n) is 4.94. The highest BCUT2D eigenvalue weighted by atomic mass is 14.9. The molecule has 0 aromatic heterocycles. The average molecular weight is 445 g/mol. The summed E-state index contributed by atoms with van der Waals surface area (Å²) in [4.78, 5) is 0. The summed E-state index contributed by atoms with van der Waals surface area (Å²) >= 11 is 0. The van der Waals surface area contributed by atoms with Crippen molar-refractivity contribution in [3.05, 3.63) is 108 Å². The molecule has 0 aliphatic carbocycles. The van der Waals surface area contributed by atoms with E-state index in [2.05, 4.69) is 117 Å². The first-order valence-electron chi connectivity index (χ1n) is 12.2. The van der Waals surface area contributed by atoms with Crippen LogP contribution in [0.25, 0.3) is 0 Å². The smallest absolute Gasteiger partial charge is 0.0360 e. The van der Waals surface area contributed by atoms with E-state index in [-0.39, 0.29) is 0 Å². The summed E-state index contributed by atoms with van der Waals surface area (Å²) in [6.45, 7) is 9.32. The second kappa shape index (κ2) is 21.0. The SMILES string of the molecule is C#C.CC.CCC[C@H](N)Cc1ccccc1.CCNC(Cc1ccccc1)c1ccccc1. The molecule has 3 aromatic carbocycles. The van der Waals surface area contributed by atoms with E-state index in [0.29, 0.717) is 12.1 Å². The molecule has 2 atom stereocenters. The van der Waals surface area contributed by atoms with Crippen molar-refractivity contribution in [2.24, 2.45) is 5.73 Å². The van der Waals surface area contributed by atoms with E-state index in [1.165, 1.54) is 23.1 Å². The Hall–Kier alpha value is -2.86. The molecule has 0 amide bonds.